The topological polar surface area (TPSA) is 69.7 Å². The molecule has 4 rings (SSSR count). The number of aryl methyl sites for hydroxylation is 2. The van der Waals surface area contributed by atoms with Crippen molar-refractivity contribution in [3.8, 4) is 0 Å². The molecular weight excluding hydrogens is 414 g/mol. The van der Waals surface area contributed by atoms with Crippen molar-refractivity contribution in [3.63, 3.8) is 0 Å². The van der Waals surface area contributed by atoms with Crippen molar-refractivity contribution in [2.75, 3.05) is 29.9 Å². The van der Waals surface area contributed by atoms with Crippen LogP contribution < -0.4 is 10.2 Å². The number of benzene rings is 2. The first-order chi connectivity index (χ1) is 14.8. The van der Waals surface area contributed by atoms with Gasteiger partial charge in [0.05, 0.1) is 0 Å². The maximum absolute atomic E-state index is 12.8. The third-order valence-electron chi connectivity index (χ3n) is 6.11. The first-order valence-electron chi connectivity index (χ1n) is 10.6. The number of carbonyl (C=O) groups excluding carboxylic acids is 3. The van der Waals surface area contributed by atoms with Gasteiger partial charge < -0.3 is 15.1 Å². The standard InChI is InChI=1S/C24H26ClN3O3/c1-15-11-20(6-8-22(15)25)27-9-10-28(16(2)14-27)24(31)23(30)26-19-5-3-18-13-21(29)7-4-17(18)12-19/h3,5-6,8,11-12,16H,4,7,9-10,13-14H2,1-2H3,(H,26,30)/t16-/m1/s1. The number of hydrogen-bond donors (Lipinski definition) is 1. The lowest BCUT2D eigenvalue weighted by atomic mass is 9.90. The molecule has 6 nitrogen and oxygen atoms in total. The lowest BCUT2D eigenvalue weighted by Crippen LogP contribution is -2.56. The molecule has 162 valence electrons. The van der Waals surface area contributed by atoms with Gasteiger partial charge in [0.25, 0.3) is 0 Å². The van der Waals surface area contributed by atoms with Gasteiger partial charge in [-0.2, -0.15) is 0 Å². The van der Waals surface area contributed by atoms with Crippen LogP contribution in [0.25, 0.3) is 0 Å². The number of ketones is 1. The average Bonchev–Trinajstić information content (AvgIpc) is 2.75. The van der Waals surface area contributed by atoms with Gasteiger partial charge >= 0.3 is 11.8 Å². The molecule has 1 heterocycles. The Morgan fingerprint density at radius 3 is 2.61 bits per heavy atom. The van der Waals surface area contributed by atoms with Crippen LogP contribution in [-0.4, -0.2) is 48.2 Å². The van der Waals surface area contributed by atoms with E-state index in [2.05, 4.69) is 10.2 Å². The first kappa shape index (κ1) is 21.4. The summed E-state index contributed by atoms with van der Waals surface area (Å²) < 4.78 is 0. The number of amides is 2. The Balaban J connectivity index is 1.39. The Labute approximate surface area is 187 Å². The number of nitrogens with zero attached hydrogens (tertiary/aromatic N) is 2. The molecule has 1 N–H and O–H groups in total. The number of hydrogen-bond acceptors (Lipinski definition) is 4. The predicted molar refractivity (Wildman–Crippen MR) is 122 cm³/mol. The van der Waals surface area contributed by atoms with Crippen molar-refractivity contribution in [1.82, 2.24) is 4.90 Å². The second-order valence-electron chi connectivity index (χ2n) is 8.38. The Kier molecular flexibility index (Phi) is 6.01. The molecule has 0 aromatic heterocycles. The van der Waals surface area contributed by atoms with Crippen molar-refractivity contribution in [1.29, 1.82) is 0 Å². The molecule has 2 aromatic rings. The van der Waals surface area contributed by atoms with Crippen molar-refractivity contribution in [2.24, 2.45) is 0 Å². The van der Waals surface area contributed by atoms with E-state index in [9.17, 15) is 14.4 Å². The summed E-state index contributed by atoms with van der Waals surface area (Å²) in [7, 11) is 0. The van der Waals surface area contributed by atoms with Crippen LogP contribution in [0.4, 0.5) is 11.4 Å². The smallest absolute Gasteiger partial charge is 0.313 e. The van der Waals surface area contributed by atoms with Crippen molar-refractivity contribution in [2.45, 2.75) is 39.2 Å². The largest absolute Gasteiger partial charge is 0.368 e. The second-order valence-corrected chi connectivity index (χ2v) is 8.79. The van der Waals surface area contributed by atoms with Crippen LogP contribution in [0.15, 0.2) is 36.4 Å². The number of piperazine rings is 1. The molecule has 0 spiro atoms. The molecule has 0 unspecified atom stereocenters. The zero-order valence-electron chi connectivity index (χ0n) is 17.8. The second kappa shape index (κ2) is 8.71. The van der Waals surface area contributed by atoms with E-state index in [0.29, 0.717) is 44.6 Å². The van der Waals surface area contributed by atoms with Gasteiger partial charge in [-0.05, 0) is 67.3 Å². The molecule has 1 aliphatic heterocycles. The van der Waals surface area contributed by atoms with Crippen LogP contribution >= 0.6 is 11.6 Å². The van der Waals surface area contributed by atoms with E-state index in [-0.39, 0.29) is 11.8 Å². The van der Waals surface area contributed by atoms with Gasteiger partial charge in [-0.1, -0.05) is 17.7 Å². The molecule has 1 aliphatic carbocycles. The highest BCUT2D eigenvalue weighted by Gasteiger charge is 2.31. The fraction of sp³-hybridized carbons (Fsp3) is 0.375. The summed E-state index contributed by atoms with van der Waals surface area (Å²) in [6.45, 7) is 5.69. The quantitative estimate of drug-likeness (QED) is 0.728. The fourth-order valence-electron chi connectivity index (χ4n) is 4.32. The molecule has 2 aliphatic rings. The maximum Gasteiger partial charge on any atom is 0.313 e. The summed E-state index contributed by atoms with van der Waals surface area (Å²) in [5.41, 5.74) is 4.74. The van der Waals surface area contributed by atoms with Crippen LogP contribution in [0, 0.1) is 6.92 Å². The molecule has 2 aromatic carbocycles. The van der Waals surface area contributed by atoms with Crippen molar-refractivity contribution >= 4 is 40.6 Å². The Bertz CT molecular complexity index is 1050. The lowest BCUT2D eigenvalue weighted by Gasteiger charge is -2.40. The number of Topliss-reactive ketones (excluding diaryl/α,β-unsaturated/α-hetero) is 1. The molecule has 2 amide bonds. The van der Waals surface area contributed by atoms with Crippen molar-refractivity contribution in [3.05, 3.63) is 58.1 Å². The first-order valence-corrected chi connectivity index (χ1v) is 11.0. The van der Waals surface area contributed by atoms with Gasteiger partial charge in [0, 0.05) is 54.9 Å². The summed E-state index contributed by atoms with van der Waals surface area (Å²) in [5, 5.41) is 3.47. The van der Waals surface area contributed by atoms with E-state index in [1.165, 1.54) is 0 Å². The van der Waals surface area contributed by atoms with Crippen LogP contribution in [0.2, 0.25) is 5.02 Å². The minimum absolute atomic E-state index is 0.0995. The summed E-state index contributed by atoms with van der Waals surface area (Å²) in [5.74, 6) is -0.914. The van der Waals surface area contributed by atoms with Gasteiger partial charge in [0.15, 0.2) is 0 Å². The highest BCUT2D eigenvalue weighted by atomic mass is 35.5. The predicted octanol–water partition coefficient (Wildman–Crippen LogP) is 3.38. The summed E-state index contributed by atoms with van der Waals surface area (Å²) in [6.07, 6.45) is 1.64. The van der Waals surface area contributed by atoms with Crippen LogP contribution in [0.5, 0.6) is 0 Å². The molecular formula is C24H26ClN3O3. The zero-order chi connectivity index (χ0) is 22.1. The SMILES string of the molecule is Cc1cc(N2CCN(C(=O)C(=O)Nc3ccc4c(c3)CCC(=O)C4)[C@H](C)C2)ccc1Cl. The molecule has 0 saturated carbocycles. The van der Waals surface area contributed by atoms with Gasteiger partial charge in [-0.3, -0.25) is 14.4 Å². The van der Waals surface area contributed by atoms with Gasteiger partial charge in [-0.15, -0.1) is 0 Å². The number of nitrogens with one attached hydrogen (secondary N) is 1. The van der Waals surface area contributed by atoms with Gasteiger partial charge in [0.2, 0.25) is 0 Å². The zero-order valence-corrected chi connectivity index (χ0v) is 18.5. The molecule has 0 radical (unpaired) electrons. The molecule has 0 bridgehead atoms. The van der Waals surface area contributed by atoms with E-state index in [4.69, 9.17) is 11.6 Å². The van der Waals surface area contributed by atoms with Crippen LogP contribution in [0.1, 0.15) is 30.0 Å². The van der Waals surface area contributed by atoms with E-state index in [0.717, 1.165) is 27.4 Å². The van der Waals surface area contributed by atoms with E-state index >= 15 is 0 Å². The summed E-state index contributed by atoms with van der Waals surface area (Å²) >= 11 is 6.13. The van der Waals surface area contributed by atoms with Gasteiger partial charge in [0.1, 0.15) is 5.78 Å². The minimum Gasteiger partial charge on any atom is -0.368 e. The monoisotopic (exact) mass is 439 g/mol. The normalized spacial score (nSPS) is 18.5. The number of anilines is 2. The number of fused-ring (bicyclic) bond motifs is 1. The van der Waals surface area contributed by atoms with Crippen LogP contribution in [-0.2, 0) is 27.2 Å². The molecule has 1 fully saturated rings. The van der Waals surface area contributed by atoms with E-state index in [1.807, 2.05) is 44.2 Å². The van der Waals surface area contributed by atoms with E-state index in [1.54, 1.807) is 11.0 Å². The Hall–Kier alpha value is -2.86. The lowest BCUT2D eigenvalue weighted by molar-refractivity contribution is -0.144. The summed E-state index contributed by atoms with van der Waals surface area (Å²) in [6, 6.07) is 11.3. The van der Waals surface area contributed by atoms with Crippen molar-refractivity contribution < 1.29 is 14.4 Å². The number of rotatable bonds is 2. The van der Waals surface area contributed by atoms with Gasteiger partial charge in [-0.25, -0.2) is 0 Å². The highest BCUT2D eigenvalue weighted by Crippen LogP contribution is 2.25. The highest BCUT2D eigenvalue weighted by molar-refractivity contribution is 6.39. The molecule has 7 heteroatoms. The Morgan fingerprint density at radius 1 is 1.06 bits per heavy atom. The third-order valence-corrected chi connectivity index (χ3v) is 6.54. The average molecular weight is 440 g/mol. The fourth-order valence-corrected chi connectivity index (χ4v) is 4.44. The van der Waals surface area contributed by atoms with E-state index < -0.39 is 11.8 Å². The maximum atomic E-state index is 12.8. The summed E-state index contributed by atoms with van der Waals surface area (Å²) in [4.78, 5) is 40.9. The Morgan fingerprint density at radius 2 is 1.87 bits per heavy atom. The minimum atomic E-state index is -0.630. The van der Waals surface area contributed by atoms with Crippen LogP contribution in [0.3, 0.4) is 0 Å². The molecule has 1 saturated heterocycles. The third kappa shape index (κ3) is 4.59. The number of carbonyl (C=O) groups is 3. The molecule has 31 heavy (non-hydrogen) atoms. The number of halogens is 1. The molecule has 1 atom stereocenters.